The lowest BCUT2D eigenvalue weighted by molar-refractivity contribution is -0.121. The Balaban J connectivity index is 1.76. The maximum absolute atomic E-state index is 13.2. The van der Waals surface area contributed by atoms with Gasteiger partial charge in [-0.25, -0.2) is 9.91 Å². The summed E-state index contributed by atoms with van der Waals surface area (Å²) >= 11 is 3.45. The fraction of sp³-hybridized carbons (Fsp3) is 0.222. The average molecular weight is 431 g/mol. The standard InChI is InChI=1S/C18H15BrN4O4/c1-26-10-7-8-14(27-2)13(9-10)22-17(24)15-16(18(22)25)23(21-20-15)12-6-4-3-5-11(12)19/h3-9,15-16H,1-2H3/t15-,16-/m1/s1. The summed E-state index contributed by atoms with van der Waals surface area (Å²) in [7, 11) is 2.99. The molecule has 0 saturated carbocycles. The summed E-state index contributed by atoms with van der Waals surface area (Å²) in [6.07, 6.45) is 0. The van der Waals surface area contributed by atoms with Gasteiger partial charge in [0, 0.05) is 10.5 Å². The molecule has 0 bridgehead atoms. The number of methoxy groups -OCH3 is 2. The Bertz CT molecular complexity index is 964. The Morgan fingerprint density at radius 1 is 1.00 bits per heavy atom. The molecule has 8 nitrogen and oxygen atoms in total. The van der Waals surface area contributed by atoms with E-state index in [-0.39, 0.29) is 0 Å². The highest BCUT2D eigenvalue weighted by atomic mass is 79.9. The fourth-order valence-corrected chi connectivity index (χ4v) is 3.67. The number of imide groups is 1. The van der Waals surface area contributed by atoms with Gasteiger partial charge in [-0.2, -0.15) is 5.11 Å². The van der Waals surface area contributed by atoms with E-state index in [9.17, 15) is 9.59 Å². The van der Waals surface area contributed by atoms with Gasteiger partial charge in [0.05, 0.1) is 25.6 Å². The molecule has 2 aromatic rings. The fourth-order valence-electron chi connectivity index (χ4n) is 3.21. The zero-order valence-electron chi connectivity index (χ0n) is 14.5. The van der Waals surface area contributed by atoms with Crippen molar-refractivity contribution < 1.29 is 19.1 Å². The molecule has 2 aromatic carbocycles. The first-order valence-corrected chi connectivity index (χ1v) is 8.90. The van der Waals surface area contributed by atoms with Gasteiger partial charge in [0.2, 0.25) is 0 Å². The average Bonchev–Trinajstić information content (AvgIpc) is 3.22. The lowest BCUT2D eigenvalue weighted by Gasteiger charge is -2.22. The second kappa shape index (κ2) is 6.66. The third kappa shape index (κ3) is 2.66. The van der Waals surface area contributed by atoms with Crippen molar-refractivity contribution in [3.05, 3.63) is 46.9 Å². The van der Waals surface area contributed by atoms with E-state index < -0.39 is 23.9 Å². The van der Waals surface area contributed by atoms with Gasteiger partial charge in [-0.1, -0.05) is 17.4 Å². The van der Waals surface area contributed by atoms with Crippen molar-refractivity contribution >= 4 is 39.1 Å². The number of ether oxygens (including phenoxy) is 2. The SMILES string of the molecule is COc1ccc(OC)c(N2C(=O)[C@@H]3N=NN(c4ccccc4Br)[C@H]3C2=O)c1. The van der Waals surface area contributed by atoms with Crippen LogP contribution in [-0.2, 0) is 9.59 Å². The molecule has 0 radical (unpaired) electrons. The molecule has 1 fully saturated rings. The molecule has 27 heavy (non-hydrogen) atoms. The van der Waals surface area contributed by atoms with Crippen LogP contribution >= 0.6 is 15.9 Å². The van der Waals surface area contributed by atoms with E-state index in [1.807, 2.05) is 18.2 Å². The van der Waals surface area contributed by atoms with Crippen molar-refractivity contribution in [2.75, 3.05) is 24.1 Å². The van der Waals surface area contributed by atoms with Crippen molar-refractivity contribution in [2.24, 2.45) is 10.3 Å². The summed E-state index contributed by atoms with van der Waals surface area (Å²) in [6, 6.07) is 10.5. The Labute approximate surface area is 163 Å². The zero-order valence-corrected chi connectivity index (χ0v) is 16.1. The Morgan fingerprint density at radius 3 is 2.48 bits per heavy atom. The molecule has 2 heterocycles. The number of hydrogen-bond acceptors (Lipinski definition) is 7. The summed E-state index contributed by atoms with van der Waals surface area (Å²) in [5.41, 5.74) is 0.984. The first kappa shape index (κ1) is 17.5. The molecule has 2 aliphatic heterocycles. The number of carbonyl (C=O) groups excluding carboxylic acids is 2. The second-order valence-corrected chi connectivity index (χ2v) is 6.79. The topological polar surface area (TPSA) is 83.8 Å². The molecule has 2 atom stereocenters. The van der Waals surface area contributed by atoms with Crippen LogP contribution in [0.15, 0.2) is 57.3 Å². The molecule has 2 amide bonds. The minimum atomic E-state index is -0.902. The van der Waals surface area contributed by atoms with Gasteiger partial charge in [-0.15, -0.1) is 0 Å². The van der Waals surface area contributed by atoms with Crippen LogP contribution in [0.25, 0.3) is 0 Å². The first-order chi connectivity index (χ1) is 13.1. The number of fused-ring (bicyclic) bond motifs is 1. The van der Waals surface area contributed by atoms with Gasteiger partial charge in [-0.3, -0.25) is 9.59 Å². The number of halogens is 1. The van der Waals surface area contributed by atoms with Crippen LogP contribution in [0.1, 0.15) is 0 Å². The number of nitrogens with zero attached hydrogens (tertiary/aromatic N) is 4. The molecule has 9 heteroatoms. The lowest BCUT2D eigenvalue weighted by Crippen LogP contribution is -2.40. The van der Waals surface area contributed by atoms with Gasteiger partial charge < -0.3 is 9.47 Å². The van der Waals surface area contributed by atoms with E-state index in [0.717, 1.165) is 9.37 Å². The van der Waals surface area contributed by atoms with Crippen LogP contribution in [0.3, 0.4) is 0 Å². The largest absolute Gasteiger partial charge is 0.497 e. The zero-order chi connectivity index (χ0) is 19.1. The molecule has 0 aliphatic carbocycles. The van der Waals surface area contributed by atoms with E-state index in [0.29, 0.717) is 22.9 Å². The first-order valence-electron chi connectivity index (χ1n) is 8.11. The molecule has 0 unspecified atom stereocenters. The lowest BCUT2D eigenvalue weighted by atomic mass is 10.1. The van der Waals surface area contributed by atoms with E-state index in [1.54, 1.807) is 24.3 Å². The minimum Gasteiger partial charge on any atom is -0.497 e. The Morgan fingerprint density at radius 2 is 1.78 bits per heavy atom. The predicted molar refractivity (Wildman–Crippen MR) is 101 cm³/mol. The number of benzene rings is 2. The summed E-state index contributed by atoms with van der Waals surface area (Å²) in [6.45, 7) is 0. The van der Waals surface area contributed by atoms with Gasteiger partial charge in [0.15, 0.2) is 12.1 Å². The molecule has 2 aliphatic rings. The normalized spacial score (nSPS) is 21.0. The van der Waals surface area contributed by atoms with Crippen molar-refractivity contribution in [3.8, 4) is 11.5 Å². The number of anilines is 2. The van der Waals surface area contributed by atoms with Gasteiger partial charge in [-0.05, 0) is 40.2 Å². The van der Waals surface area contributed by atoms with Crippen molar-refractivity contribution in [3.63, 3.8) is 0 Å². The predicted octanol–water partition coefficient (Wildman–Crippen LogP) is 2.96. The summed E-state index contributed by atoms with van der Waals surface area (Å²) < 4.78 is 11.3. The summed E-state index contributed by atoms with van der Waals surface area (Å²) in [4.78, 5) is 27.2. The molecule has 1 saturated heterocycles. The number of hydrogen-bond donors (Lipinski definition) is 0. The number of rotatable bonds is 4. The quantitative estimate of drug-likeness (QED) is 0.696. The monoisotopic (exact) mass is 430 g/mol. The van der Waals surface area contributed by atoms with Gasteiger partial charge in [0.25, 0.3) is 11.8 Å². The molecule has 0 spiro atoms. The van der Waals surface area contributed by atoms with Crippen LogP contribution in [0, 0.1) is 0 Å². The number of para-hydroxylation sites is 1. The van der Waals surface area contributed by atoms with Gasteiger partial charge >= 0.3 is 0 Å². The van der Waals surface area contributed by atoms with Crippen molar-refractivity contribution in [1.82, 2.24) is 0 Å². The Kier molecular flexibility index (Phi) is 4.31. The van der Waals surface area contributed by atoms with Crippen LogP contribution in [0.5, 0.6) is 11.5 Å². The maximum Gasteiger partial charge on any atom is 0.263 e. The smallest absolute Gasteiger partial charge is 0.263 e. The molecule has 0 aromatic heterocycles. The van der Waals surface area contributed by atoms with Crippen molar-refractivity contribution in [1.29, 1.82) is 0 Å². The highest BCUT2D eigenvalue weighted by molar-refractivity contribution is 9.10. The number of carbonyl (C=O) groups is 2. The van der Waals surface area contributed by atoms with Crippen LogP contribution < -0.4 is 19.4 Å². The molecule has 0 N–H and O–H groups in total. The molecule has 4 rings (SSSR count). The van der Waals surface area contributed by atoms with E-state index in [4.69, 9.17) is 9.47 Å². The van der Waals surface area contributed by atoms with Crippen molar-refractivity contribution in [2.45, 2.75) is 12.1 Å². The number of amides is 2. The highest BCUT2D eigenvalue weighted by Crippen LogP contribution is 2.41. The second-order valence-electron chi connectivity index (χ2n) is 5.94. The van der Waals surface area contributed by atoms with Crippen LogP contribution in [0.2, 0.25) is 0 Å². The molecule has 138 valence electrons. The highest BCUT2D eigenvalue weighted by Gasteiger charge is 2.56. The summed E-state index contributed by atoms with van der Waals surface area (Å²) in [5, 5.41) is 9.58. The third-order valence-electron chi connectivity index (χ3n) is 4.51. The molecular weight excluding hydrogens is 416 g/mol. The van der Waals surface area contributed by atoms with Crippen LogP contribution in [-0.4, -0.2) is 38.1 Å². The van der Waals surface area contributed by atoms with E-state index >= 15 is 0 Å². The maximum atomic E-state index is 13.2. The molecular formula is C18H15BrN4O4. The minimum absolute atomic E-state index is 0.323. The van der Waals surface area contributed by atoms with Crippen LogP contribution in [0.4, 0.5) is 11.4 Å². The van der Waals surface area contributed by atoms with Gasteiger partial charge in [0.1, 0.15) is 11.5 Å². The Hall–Kier alpha value is -2.94. The van der Waals surface area contributed by atoms with E-state index in [2.05, 4.69) is 26.3 Å². The van der Waals surface area contributed by atoms with E-state index in [1.165, 1.54) is 19.2 Å². The third-order valence-corrected chi connectivity index (χ3v) is 5.18. The summed E-state index contributed by atoms with van der Waals surface area (Å²) in [5.74, 6) is 0.0294.